The maximum Gasteiger partial charge on any atom is 0.436 e. The second-order valence-electron chi connectivity index (χ2n) is 7.33. The number of aryl methyl sites for hydroxylation is 1. The van der Waals surface area contributed by atoms with Gasteiger partial charge >= 0.3 is 6.18 Å². The number of carbonyl (C=O) groups is 1. The van der Waals surface area contributed by atoms with Gasteiger partial charge in [-0.3, -0.25) is 14.2 Å². The summed E-state index contributed by atoms with van der Waals surface area (Å²) in [6.45, 7) is 0.495. The molecule has 0 saturated heterocycles. The summed E-state index contributed by atoms with van der Waals surface area (Å²) < 4.78 is 42.5. The minimum Gasteiger partial charge on any atom is -0.309 e. The highest BCUT2D eigenvalue weighted by atomic mass is 79.9. The van der Waals surface area contributed by atoms with Gasteiger partial charge in [0.1, 0.15) is 0 Å². The average molecular weight is 517 g/mol. The minimum atomic E-state index is -4.55. The Kier molecular flexibility index (Phi) is 6.11. The van der Waals surface area contributed by atoms with E-state index in [1.807, 2.05) is 18.2 Å². The van der Waals surface area contributed by atoms with E-state index in [0.29, 0.717) is 23.1 Å². The maximum atomic E-state index is 13.2. The molecular formula is C20H18BrClF3N5O. The van der Waals surface area contributed by atoms with Crippen molar-refractivity contribution in [1.29, 1.82) is 0 Å². The number of rotatable bonds is 7. The molecule has 1 aliphatic rings. The van der Waals surface area contributed by atoms with Gasteiger partial charge in [0.25, 0.3) is 0 Å². The molecule has 31 heavy (non-hydrogen) atoms. The summed E-state index contributed by atoms with van der Waals surface area (Å²) in [6, 6.07) is 9.04. The molecule has 0 atom stereocenters. The number of anilines is 1. The number of hydrogen-bond donors (Lipinski definition) is 1. The molecule has 2 aromatic heterocycles. The van der Waals surface area contributed by atoms with Gasteiger partial charge in [0.2, 0.25) is 5.91 Å². The molecule has 0 radical (unpaired) electrons. The zero-order valence-electron chi connectivity index (χ0n) is 16.2. The van der Waals surface area contributed by atoms with Gasteiger partial charge in [-0.05, 0) is 40.4 Å². The highest BCUT2D eigenvalue weighted by Crippen LogP contribution is 2.47. The Labute approximate surface area is 189 Å². The first-order valence-electron chi connectivity index (χ1n) is 9.62. The normalized spacial score (nSPS) is 14.1. The van der Waals surface area contributed by atoms with Gasteiger partial charge in [-0.15, -0.1) is 0 Å². The van der Waals surface area contributed by atoms with E-state index in [4.69, 9.17) is 11.6 Å². The number of carbonyl (C=O) groups excluding carboxylic acids is 1. The quantitative estimate of drug-likeness (QED) is 0.453. The second-order valence-corrected chi connectivity index (χ2v) is 8.53. The highest BCUT2D eigenvalue weighted by molar-refractivity contribution is 9.10. The molecule has 1 fully saturated rings. The molecule has 164 valence electrons. The lowest BCUT2D eigenvalue weighted by Crippen LogP contribution is -2.17. The molecule has 11 heteroatoms. The Morgan fingerprint density at radius 1 is 1.23 bits per heavy atom. The predicted molar refractivity (Wildman–Crippen MR) is 113 cm³/mol. The Bertz CT molecular complexity index is 1110. The third-order valence-corrected chi connectivity index (χ3v) is 6.06. The molecule has 0 bridgehead atoms. The van der Waals surface area contributed by atoms with Crippen LogP contribution in [0.4, 0.5) is 19.0 Å². The van der Waals surface area contributed by atoms with Crippen molar-refractivity contribution < 1.29 is 18.0 Å². The van der Waals surface area contributed by atoms with Crippen molar-refractivity contribution in [3.63, 3.8) is 0 Å². The van der Waals surface area contributed by atoms with E-state index in [-0.39, 0.29) is 29.3 Å². The zero-order valence-corrected chi connectivity index (χ0v) is 18.5. The molecule has 0 unspecified atom stereocenters. The first-order chi connectivity index (χ1) is 14.7. The van der Waals surface area contributed by atoms with Crippen LogP contribution in [0.25, 0.3) is 0 Å². The molecule has 3 aromatic rings. The van der Waals surface area contributed by atoms with Crippen LogP contribution < -0.4 is 5.32 Å². The monoisotopic (exact) mass is 515 g/mol. The lowest BCUT2D eigenvalue weighted by Gasteiger charge is -2.07. The van der Waals surface area contributed by atoms with E-state index >= 15 is 0 Å². The number of hydrogen-bond acceptors (Lipinski definition) is 3. The standard InChI is InChI=1S/C20H18BrClF3N5O/c21-17-18(12-5-6-12)30(28-19(17)20(23,24)25)10-8-16(31)26-15-7-9-29(27-15)11-13-3-1-2-4-14(13)22/h1-4,7,9,12H,5-6,8,10-11H2,(H,26,27,31). The Hall–Kier alpha value is -2.33. The van der Waals surface area contributed by atoms with Crippen molar-refractivity contribution in [2.45, 2.75) is 44.4 Å². The summed E-state index contributed by atoms with van der Waals surface area (Å²) in [6.07, 6.45) is -1.23. The highest BCUT2D eigenvalue weighted by Gasteiger charge is 2.41. The molecule has 1 amide bonds. The second kappa shape index (κ2) is 8.66. The van der Waals surface area contributed by atoms with Crippen molar-refractivity contribution in [3.8, 4) is 0 Å². The fraction of sp³-hybridized carbons (Fsp3) is 0.350. The molecule has 0 spiro atoms. The lowest BCUT2D eigenvalue weighted by atomic mass is 10.2. The first-order valence-corrected chi connectivity index (χ1v) is 10.8. The minimum absolute atomic E-state index is 0.0253. The van der Waals surface area contributed by atoms with Crippen LogP contribution in [0.5, 0.6) is 0 Å². The SMILES string of the molecule is O=C(CCn1nc(C(F)(F)F)c(Br)c1C1CC1)Nc1ccn(Cc2ccccc2Cl)n1. The number of nitrogens with zero attached hydrogens (tertiary/aromatic N) is 4. The van der Waals surface area contributed by atoms with Crippen LogP contribution in [-0.2, 0) is 24.1 Å². The van der Waals surface area contributed by atoms with Crippen LogP contribution >= 0.6 is 27.5 Å². The van der Waals surface area contributed by atoms with Crippen LogP contribution in [0.3, 0.4) is 0 Å². The van der Waals surface area contributed by atoms with Gasteiger partial charge in [-0.2, -0.15) is 23.4 Å². The summed E-state index contributed by atoms with van der Waals surface area (Å²) >= 11 is 9.20. The van der Waals surface area contributed by atoms with Gasteiger partial charge in [0, 0.05) is 29.6 Å². The Morgan fingerprint density at radius 2 is 1.97 bits per heavy atom. The number of nitrogens with one attached hydrogen (secondary N) is 1. The van der Waals surface area contributed by atoms with E-state index in [1.165, 1.54) is 4.68 Å². The van der Waals surface area contributed by atoms with E-state index in [9.17, 15) is 18.0 Å². The van der Waals surface area contributed by atoms with Crippen molar-refractivity contribution in [3.05, 3.63) is 63.0 Å². The fourth-order valence-corrected chi connectivity index (χ4v) is 4.31. The molecule has 1 N–H and O–H groups in total. The van der Waals surface area contributed by atoms with Crippen LogP contribution in [0.1, 0.15) is 42.1 Å². The molecule has 1 aromatic carbocycles. The molecule has 6 nitrogen and oxygen atoms in total. The largest absolute Gasteiger partial charge is 0.436 e. The van der Waals surface area contributed by atoms with E-state index in [2.05, 4.69) is 31.4 Å². The van der Waals surface area contributed by atoms with Crippen molar-refractivity contribution >= 4 is 39.3 Å². The third kappa shape index (κ3) is 5.12. The lowest BCUT2D eigenvalue weighted by molar-refractivity contribution is -0.142. The Balaban J connectivity index is 1.38. The average Bonchev–Trinajstić information content (AvgIpc) is 3.34. The van der Waals surface area contributed by atoms with Crippen LogP contribution in [0.2, 0.25) is 5.02 Å². The molecule has 1 saturated carbocycles. The summed E-state index contributed by atoms with van der Waals surface area (Å²) in [5, 5.41) is 11.3. The topological polar surface area (TPSA) is 64.7 Å². The summed E-state index contributed by atoms with van der Waals surface area (Å²) in [5.41, 5.74) is 0.444. The van der Waals surface area contributed by atoms with Gasteiger partial charge in [-0.1, -0.05) is 29.8 Å². The van der Waals surface area contributed by atoms with E-state index in [0.717, 1.165) is 18.4 Å². The van der Waals surface area contributed by atoms with Crippen LogP contribution in [0.15, 0.2) is 41.0 Å². The number of amides is 1. The molecule has 4 rings (SSSR count). The van der Waals surface area contributed by atoms with Crippen molar-refractivity contribution in [1.82, 2.24) is 19.6 Å². The summed E-state index contributed by atoms with van der Waals surface area (Å²) in [4.78, 5) is 12.3. The van der Waals surface area contributed by atoms with Gasteiger partial charge < -0.3 is 5.32 Å². The smallest absolute Gasteiger partial charge is 0.309 e. The number of aromatic nitrogens is 4. The van der Waals surface area contributed by atoms with E-state index < -0.39 is 11.9 Å². The van der Waals surface area contributed by atoms with Gasteiger partial charge in [-0.25, -0.2) is 0 Å². The zero-order chi connectivity index (χ0) is 22.2. The van der Waals surface area contributed by atoms with Crippen LogP contribution in [-0.4, -0.2) is 25.5 Å². The number of benzene rings is 1. The van der Waals surface area contributed by atoms with Gasteiger partial charge in [0.05, 0.1) is 23.3 Å². The number of alkyl halides is 3. The van der Waals surface area contributed by atoms with Crippen molar-refractivity contribution in [2.24, 2.45) is 0 Å². The predicted octanol–water partition coefficient (Wildman–Crippen LogP) is 5.47. The number of halogens is 5. The first kappa shape index (κ1) is 21.9. The maximum absolute atomic E-state index is 13.2. The fourth-order valence-electron chi connectivity index (χ4n) is 3.28. The van der Waals surface area contributed by atoms with Gasteiger partial charge in [0.15, 0.2) is 11.5 Å². The molecule has 1 aliphatic carbocycles. The van der Waals surface area contributed by atoms with E-state index in [1.54, 1.807) is 23.0 Å². The van der Waals surface area contributed by atoms with Crippen molar-refractivity contribution in [2.75, 3.05) is 5.32 Å². The molecule has 2 heterocycles. The van der Waals surface area contributed by atoms with Crippen LogP contribution in [0, 0.1) is 0 Å². The summed E-state index contributed by atoms with van der Waals surface area (Å²) in [5.74, 6) is 0.0450. The molecule has 0 aliphatic heterocycles. The molecular weight excluding hydrogens is 499 g/mol. The summed E-state index contributed by atoms with van der Waals surface area (Å²) in [7, 11) is 0. The Morgan fingerprint density at radius 3 is 2.65 bits per heavy atom. The third-order valence-electron chi connectivity index (χ3n) is 4.91.